The maximum Gasteiger partial charge on any atom is 0.137 e. The van der Waals surface area contributed by atoms with Gasteiger partial charge in [-0.25, -0.2) is 0 Å². The molecule has 0 atom stereocenters. The van der Waals surface area contributed by atoms with Gasteiger partial charge in [-0.2, -0.15) is 0 Å². The molecule has 282 valence electrons. The van der Waals surface area contributed by atoms with Crippen molar-refractivity contribution in [2.75, 3.05) is 4.90 Å². The van der Waals surface area contributed by atoms with Gasteiger partial charge in [-0.3, -0.25) is 4.98 Å². The summed E-state index contributed by atoms with van der Waals surface area (Å²) in [5.41, 5.74) is 13.4. The SMILES string of the molecule is CC(C)(C)c1ccc2ccc(-c3ccc(N(c4ccc(-c5ccc6ccc(C(C)(C)C)cc6c5)cc4)c4ccc5c(c4)oc4cc6ncccc6cc45)cc3)cc2c1. The van der Waals surface area contributed by atoms with Crippen molar-refractivity contribution in [3.63, 3.8) is 0 Å². The summed E-state index contributed by atoms with van der Waals surface area (Å²) in [5, 5.41) is 8.33. The van der Waals surface area contributed by atoms with E-state index < -0.39 is 0 Å². The van der Waals surface area contributed by atoms with Crippen LogP contribution in [0.2, 0.25) is 0 Å². The smallest absolute Gasteiger partial charge is 0.137 e. The molecule has 0 saturated carbocycles. The van der Waals surface area contributed by atoms with Gasteiger partial charge in [0.2, 0.25) is 0 Å². The van der Waals surface area contributed by atoms with E-state index in [1.807, 2.05) is 18.3 Å². The minimum absolute atomic E-state index is 0.0931. The third kappa shape index (κ3) is 6.47. The summed E-state index contributed by atoms with van der Waals surface area (Å²) in [6.45, 7) is 13.6. The van der Waals surface area contributed by atoms with Gasteiger partial charge in [-0.05, 0) is 126 Å². The Kier molecular flexibility index (Phi) is 8.28. The summed E-state index contributed by atoms with van der Waals surface area (Å²) in [6.07, 6.45) is 1.83. The Hall–Kier alpha value is -6.71. The van der Waals surface area contributed by atoms with E-state index in [4.69, 9.17) is 4.42 Å². The highest BCUT2D eigenvalue weighted by atomic mass is 16.3. The number of furan rings is 1. The molecule has 0 saturated heterocycles. The zero-order valence-corrected chi connectivity index (χ0v) is 34.0. The average Bonchev–Trinajstić information content (AvgIpc) is 3.58. The Morgan fingerprint density at radius 3 is 1.45 bits per heavy atom. The van der Waals surface area contributed by atoms with E-state index in [0.29, 0.717) is 0 Å². The van der Waals surface area contributed by atoms with Crippen molar-refractivity contribution in [1.29, 1.82) is 0 Å². The second kappa shape index (κ2) is 13.5. The minimum atomic E-state index is 0.0931. The molecule has 2 aromatic heterocycles. The molecule has 10 aromatic rings. The minimum Gasteiger partial charge on any atom is -0.456 e. The zero-order valence-electron chi connectivity index (χ0n) is 34.0. The predicted molar refractivity (Wildman–Crippen MR) is 247 cm³/mol. The molecule has 10 rings (SSSR count). The average molecular weight is 751 g/mol. The van der Waals surface area contributed by atoms with E-state index in [0.717, 1.165) is 49.9 Å². The maximum absolute atomic E-state index is 6.54. The van der Waals surface area contributed by atoms with E-state index in [-0.39, 0.29) is 10.8 Å². The molecule has 0 aliphatic carbocycles. The number of aromatic nitrogens is 1. The van der Waals surface area contributed by atoms with E-state index in [9.17, 15) is 0 Å². The fraction of sp³-hybridized carbons (Fsp3) is 0.145. The van der Waals surface area contributed by atoms with Crippen LogP contribution in [0.15, 0.2) is 174 Å². The van der Waals surface area contributed by atoms with Crippen molar-refractivity contribution in [2.45, 2.75) is 52.4 Å². The van der Waals surface area contributed by atoms with Crippen molar-refractivity contribution < 1.29 is 4.42 Å². The van der Waals surface area contributed by atoms with Gasteiger partial charge in [-0.15, -0.1) is 0 Å². The molecule has 0 amide bonds. The summed E-state index contributed by atoms with van der Waals surface area (Å²) < 4.78 is 6.54. The van der Waals surface area contributed by atoms with Gasteiger partial charge in [0.1, 0.15) is 11.2 Å². The van der Waals surface area contributed by atoms with Crippen molar-refractivity contribution in [3.05, 3.63) is 181 Å². The first kappa shape index (κ1) is 35.7. The first-order valence-corrected chi connectivity index (χ1v) is 20.3. The molecule has 8 aromatic carbocycles. The first-order chi connectivity index (χ1) is 27.9. The number of nitrogens with zero attached hydrogens (tertiary/aromatic N) is 2. The van der Waals surface area contributed by atoms with Crippen LogP contribution in [0, 0.1) is 0 Å². The molecule has 0 aliphatic rings. The van der Waals surface area contributed by atoms with Crippen LogP contribution < -0.4 is 4.90 Å². The van der Waals surface area contributed by atoms with Crippen LogP contribution in [0.1, 0.15) is 52.7 Å². The summed E-state index contributed by atoms with van der Waals surface area (Å²) in [4.78, 5) is 6.90. The van der Waals surface area contributed by atoms with Gasteiger partial charge in [0.05, 0.1) is 5.52 Å². The van der Waals surface area contributed by atoms with Crippen LogP contribution >= 0.6 is 0 Å². The lowest BCUT2D eigenvalue weighted by Crippen LogP contribution is -2.10. The Morgan fingerprint density at radius 1 is 0.397 bits per heavy atom. The lowest BCUT2D eigenvalue weighted by Gasteiger charge is -2.26. The third-order valence-electron chi connectivity index (χ3n) is 11.8. The van der Waals surface area contributed by atoms with Gasteiger partial charge < -0.3 is 9.32 Å². The van der Waals surface area contributed by atoms with E-state index in [1.165, 1.54) is 54.9 Å². The lowest BCUT2D eigenvalue weighted by atomic mass is 9.85. The molecule has 0 spiro atoms. The number of hydrogen-bond acceptors (Lipinski definition) is 3. The highest BCUT2D eigenvalue weighted by Gasteiger charge is 2.18. The molecule has 0 N–H and O–H groups in total. The second-order valence-electron chi connectivity index (χ2n) is 17.8. The van der Waals surface area contributed by atoms with E-state index in [2.05, 4.69) is 203 Å². The lowest BCUT2D eigenvalue weighted by molar-refractivity contribution is 0.591. The molecule has 2 heterocycles. The highest BCUT2D eigenvalue weighted by Crippen LogP contribution is 2.41. The molecule has 0 fully saturated rings. The number of anilines is 3. The summed E-state index contributed by atoms with van der Waals surface area (Å²) in [5.74, 6) is 0. The van der Waals surface area contributed by atoms with Crippen molar-refractivity contribution in [2.24, 2.45) is 0 Å². The van der Waals surface area contributed by atoms with Crippen LogP contribution in [0.3, 0.4) is 0 Å². The maximum atomic E-state index is 6.54. The number of benzene rings is 8. The highest BCUT2D eigenvalue weighted by molar-refractivity contribution is 6.10. The van der Waals surface area contributed by atoms with Crippen LogP contribution in [0.5, 0.6) is 0 Å². The number of fused-ring (bicyclic) bond motifs is 6. The molecule has 0 aliphatic heterocycles. The van der Waals surface area contributed by atoms with Crippen molar-refractivity contribution in [1.82, 2.24) is 4.98 Å². The Morgan fingerprint density at radius 2 is 0.897 bits per heavy atom. The second-order valence-corrected chi connectivity index (χ2v) is 17.8. The molecular weight excluding hydrogens is 705 g/mol. The summed E-state index contributed by atoms with van der Waals surface area (Å²) in [6, 6.07) is 60.0. The van der Waals surface area contributed by atoms with Crippen molar-refractivity contribution in [3.8, 4) is 22.3 Å². The van der Waals surface area contributed by atoms with E-state index in [1.54, 1.807) is 0 Å². The zero-order chi connectivity index (χ0) is 39.8. The quantitative estimate of drug-likeness (QED) is 0.175. The fourth-order valence-corrected chi connectivity index (χ4v) is 8.31. The predicted octanol–water partition coefficient (Wildman–Crippen LogP) is 15.8. The van der Waals surface area contributed by atoms with E-state index >= 15 is 0 Å². The van der Waals surface area contributed by atoms with Gasteiger partial charge in [0.15, 0.2) is 0 Å². The van der Waals surface area contributed by atoms with Crippen LogP contribution in [0.25, 0.3) is 76.6 Å². The summed E-state index contributed by atoms with van der Waals surface area (Å²) >= 11 is 0. The Bertz CT molecular complexity index is 3030. The molecule has 58 heavy (non-hydrogen) atoms. The van der Waals surface area contributed by atoms with Crippen molar-refractivity contribution >= 4 is 71.4 Å². The number of hydrogen-bond donors (Lipinski definition) is 0. The van der Waals surface area contributed by atoms with Gasteiger partial charge in [-0.1, -0.05) is 133 Å². The molecule has 0 radical (unpaired) electrons. The van der Waals surface area contributed by atoms with Crippen LogP contribution in [-0.4, -0.2) is 4.98 Å². The van der Waals surface area contributed by atoms with Gasteiger partial charge in [0, 0.05) is 51.6 Å². The molecule has 3 heteroatoms. The topological polar surface area (TPSA) is 29.3 Å². The first-order valence-electron chi connectivity index (χ1n) is 20.3. The monoisotopic (exact) mass is 750 g/mol. The molecule has 3 nitrogen and oxygen atoms in total. The third-order valence-corrected chi connectivity index (χ3v) is 11.8. The number of rotatable bonds is 5. The Labute approximate surface area is 340 Å². The fourth-order valence-electron chi connectivity index (χ4n) is 8.31. The largest absolute Gasteiger partial charge is 0.456 e. The molecule has 0 bridgehead atoms. The normalized spacial score (nSPS) is 12.3. The summed E-state index contributed by atoms with van der Waals surface area (Å²) in [7, 11) is 0. The van der Waals surface area contributed by atoms with Crippen LogP contribution in [-0.2, 0) is 10.8 Å². The molecular formula is C55H46N2O. The number of pyridine rings is 1. The molecule has 0 unspecified atom stereocenters. The van der Waals surface area contributed by atoms with Gasteiger partial charge in [0.25, 0.3) is 0 Å². The standard InChI is InChI=1S/C55H46N2O/c1-54(2,3)44-19-13-37-9-11-39(28-42(37)30-44)35-15-21-46(22-16-35)57(48-25-26-49-50-32-41-8-7-27-56-51(41)34-53(50)58-52(49)33-48)47-23-17-36(18-24-47)40-12-10-38-14-20-45(55(4,5)6)31-43(38)29-40/h7-34H,1-6H3. The Balaban J connectivity index is 1.05. The van der Waals surface area contributed by atoms with Crippen LogP contribution in [0.4, 0.5) is 17.1 Å². The van der Waals surface area contributed by atoms with Gasteiger partial charge >= 0.3 is 0 Å².